The second kappa shape index (κ2) is 5.28. The van der Waals surface area contributed by atoms with Crippen molar-refractivity contribution in [1.82, 2.24) is 4.98 Å². The smallest absolute Gasteiger partial charge is 0.481 e. The molecule has 0 aromatic carbocycles. The van der Waals surface area contributed by atoms with E-state index in [1.165, 1.54) is 0 Å². The fourth-order valence-corrected chi connectivity index (χ4v) is 2.24. The van der Waals surface area contributed by atoms with E-state index in [-0.39, 0.29) is 0 Å². The van der Waals surface area contributed by atoms with Crippen LogP contribution in [0.25, 0.3) is 0 Å². The van der Waals surface area contributed by atoms with Crippen LogP contribution in [-0.4, -0.2) is 31.8 Å². The highest BCUT2D eigenvalue weighted by Gasteiger charge is 2.39. The molecule has 0 saturated carbocycles. The molecule has 0 aliphatic rings. The van der Waals surface area contributed by atoms with E-state index >= 15 is 0 Å². The summed E-state index contributed by atoms with van der Waals surface area (Å²) in [6.07, 6.45) is -5.33. The highest BCUT2D eigenvalue weighted by atomic mass is 35.7. The van der Waals surface area contributed by atoms with Gasteiger partial charge in [0, 0.05) is 10.7 Å². The maximum atomic E-state index is 12.2. The van der Waals surface area contributed by atoms with Gasteiger partial charge in [-0.1, -0.05) is 0 Å². The lowest BCUT2D eigenvalue weighted by Gasteiger charge is -2.11. The summed E-state index contributed by atoms with van der Waals surface area (Å²) in [7, 11) is 0.915. The Morgan fingerprint density at radius 1 is 1.45 bits per heavy atom. The number of rotatable bonds is 4. The number of methoxy groups -OCH3 is 1. The summed E-state index contributed by atoms with van der Waals surface area (Å²) in [5, 5.41) is 10.7. The maximum Gasteiger partial charge on any atom is 0.574 e. The lowest BCUT2D eigenvalue weighted by Crippen LogP contribution is -2.20. The van der Waals surface area contributed by atoms with Gasteiger partial charge in [-0.15, -0.1) is 13.2 Å². The van der Waals surface area contributed by atoms with E-state index in [9.17, 15) is 31.7 Å². The number of nitrogens with zero attached hydrogens (tertiary/aromatic N) is 2. The fraction of sp³-hybridized carbons (Fsp3) is 0.286. The van der Waals surface area contributed by atoms with E-state index in [1.807, 2.05) is 0 Å². The molecule has 112 valence electrons. The van der Waals surface area contributed by atoms with Crippen LogP contribution >= 0.6 is 10.7 Å². The lowest BCUT2D eigenvalue weighted by atomic mass is 10.4. The predicted octanol–water partition coefficient (Wildman–Crippen LogP) is 1.82. The van der Waals surface area contributed by atoms with Crippen LogP contribution in [0.5, 0.6) is 11.8 Å². The summed E-state index contributed by atoms with van der Waals surface area (Å²) < 4.78 is 66.7. The number of hydrogen-bond donors (Lipinski definition) is 0. The number of alkyl halides is 3. The molecule has 0 atom stereocenters. The van der Waals surface area contributed by atoms with Crippen LogP contribution < -0.4 is 9.47 Å². The lowest BCUT2D eigenvalue weighted by molar-refractivity contribution is -0.388. The number of halogens is 4. The van der Waals surface area contributed by atoms with Crippen LogP contribution in [0.15, 0.2) is 11.0 Å². The molecule has 1 aromatic rings. The van der Waals surface area contributed by atoms with Gasteiger partial charge in [-0.25, -0.2) is 8.42 Å². The molecule has 8 nitrogen and oxygen atoms in total. The normalized spacial score (nSPS) is 12.1. The summed E-state index contributed by atoms with van der Waals surface area (Å²) >= 11 is 0. The summed E-state index contributed by atoms with van der Waals surface area (Å²) in [6, 6.07) is 0.499. The van der Waals surface area contributed by atoms with Crippen LogP contribution in [0.1, 0.15) is 0 Å². The SMILES string of the molecule is COc1cc([N+](=O)[O-])c(S(=O)(=O)Cl)c(OC(F)(F)F)n1. The van der Waals surface area contributed by atoms with Gasteiger partial charge < -0.3 is 9.47 Å². The maximum absolute atomic E-state index is 12.2. The number of pyridine rings is 1. The molecule has 1 heterocycles. The van der Waals surface area contributed by atoms with Crippen molar-refractivity contribution in [2.24, 2.45) is 0 Å². The Kier molecular flexibility index (Phi) is 4.29. The Hall–Kier alpha value is -1.82. The zero-order valence-corrected chi connectivity index (χ0v) is 10.9. The zero-order chi connectivity index (χ0) is 15.7. The first-order valence-corrected chi connectivity index (χ1v) is 6.70. The van der Waals surface area contributed by atoms with Gasteiger partial charge >= 0.3 is 6.36 Å². The molecule has 0 saturated heterocycles. The molecule has 0 fully saturated rings. The Balaban J connectivity index is 3.69. The molecule has 1 aromatic heterocycles. The van der Waals surface area contributed by atoms with E-state index < -0.39 is 42.7 Å². The summed E-state index contributed by atoms with van der Waals surface area (Å²) in [4.78, 5) is 11.0. The highest BCUT2D eigenvalue weighted by Crippen LogP contribution is 2.38. The van der Waals surface area contributed by atoms with Crippen molar-refractivity contribution in [2.45, 2.75) is 11.3 Å². The predicted molar refractivity (Wildman–Crippen MR) is 57.2 cm³/mol. The standard InChI is InChI=1S/C7H4ClF3N2O6S/c1-18-4-2-3(13(14)15)5(20(8,16)17)6(12-4)19-7(9,10)11/h2H,1H3. The third-order valence-electron chi connectivity index (χ3n) is 1.76. The van der Waals surface area contributed by atoms with Gasteiger partial charge in [-0.2, -0.15) is 4.98 Å². The number of aromatic nitrogens is 1. The Morgan fingerprint density at radius 3 is 2.35 bits per heavy atom. The van der Waals surface area contributed by atoms with Gasteiger partial charge in [0.05, 0.1) is 18.1 Å². The second-order valence-electron chi connectivity index (χ2n) is 3.06. The Bertz CT molecular complexity index is 647. The van der Waals surface area contributed by atoms with E-state index in [4.69, 9.17) is 10.7 Å². The number of nitro groups is 1. The van der Waals surface area contributed by atoms with E-state index in [1.54, 1.807) is 0 Å². The molecule has 0 bridgehead atoms. The van der Waals surface area contributed by atoms with Gasteiger partial charge in [0.2, 0.25) is 10.8 Å². The Morgan fingerprint density at radius 2 is 2.00 bits per heavy atom. The molecule has 0 aliphatic carbocycles. The molecule has 0 radical (unpaired) electrons. The van der Waals surface area contributed by atoms with Gasteiger partial charge in [-0.3, -0.25) is 10.1 Å². The molecule has 1 rings (SSSR count). The average molecular weight is 337 g/mol. The first-order chi connectivity index (χ1) is 8.95. The first kappa shape index (κ1) is 16.2. The molecule has 0 N–H and O–H groups in total. The second-order valence-corrected chi connectivity index (χ2v) is 5.56. The third-order valence-corrected chi connectivity index (χ3v) is 3.10. The highest BCUT2D eigenvalue weighted by molar-refractivity contribution is 8.14. The van der Waals surface area contributed by atoms with E-state index in [2.05, 4.69) is 14.5 Å². The minimum atomic E-state index is -5.33. The van der Waals surface area contributed by atoms with Crippen molar-refractivity contribution in [1.29, 1.82) is 0 Å². The van der Waals surface area contributed by atoms with E-state index in [0.717, 1.165) is 7.11 Å². The van der Waals surface area contributed by atoms with Crippen LogP contribution in [0.2, 0.25) is 0 Å². The molecular formula is C7H4ClF3N2O6S. The van der Waals surface area contributed by atoms with Crippen LogP contribution in [-0.2, 0) is 9.05 Å². The zero-order valence-electron chi connectivity index (χ0n) is 9.34. The minimum absolute atomic E-state index is 0.499. The van der Waals surface area contributed by atoms with Crippen LogP contribution in [0.3, 0.4) is 0 Å². The minimum Gasteiger partial charge on any atom is -0.481 e. The quantitative estimate of drug-likeness (QED) is 0.468. The van der Waals surface area contributed by atoms with Gasteiger partial charge in [0.1, 0.15) is 0 Å². The Labute approximate surface area is 113 Å². The molecule has 0 unspecified atom stereocenters. The van der Waals surface area contributed by atoms with Crippen molar-refractivity contribution in [3.8, 4) is 11.8 Å². The summed E-state index contributed by atoms with van der Waals surface area (Å²) in [6.45, 7) is 0. The molecule has 13 heteroatoms. The molecule has 0 spiro atoms. The number of hydrogen-bond acceptors (Lipinski definition) is 7. The van der Waals surface area contributed by atoms with Gasteiger partial charge in [-0.05, 0) is 0 Å². The van der Waals surface area contributed by atoms with Crippen molar-refractivity contribution < 1.29 is 36.0 Å². The monoisotopic (exact) mass is 336 g/mol. The van der Waals surface area contributed by atoms with Gasteiger partial charge in [0.15, 0.2) is 0 Å². The largest absolute Gasteiger partial charge is 0.574 e. The average Bonchev–Trinajstić information content (AvgIpc) is 2.23. The van der Waals surface area contributed by atoms with Crippen molar-refractivity contribution in [2.75, 3.05) is 7.11 Å². The van der Waals surface area contributed by atoms with Crippen molar-refractivity contribution in [3.05, 3.63) is 16.2 Å². The van der Waals surface area contributed by atoms with Crippen molar-refractivity contribution in [3.63, 3.8) is 0 Å². The van der Waals surface area contributed by atoms with E-state index in [0.29, 0.717) is 6.07 Å². The molecule has 0 amide bonds. The van der Waals surface area contributed by atoms with Crippen molar-refractivity contribution >= 4 is 25.4 Å². The fourth-order valence-electron chi connectivity index (χ4n) is 1.12. The van der Waals surface area contributed by atoms with Crippen LogP contribution in [0, 0.1) is 10.1 Å². The third kappa shape index (κ3) is 3.84. The van der Waals surface area contributed by atoms with Gasteiger partial charge in [0.25, 0.3) is 20.6 Å². The molecule has 0 aliphatic heterocycles. The van der Waals surface area contributed by atoms with Crippen LogP contribution in [0.4, 0.5) is 18.9 Å². The topological polar surface area (TPSA) is 109 Å². The number of ether oxygens (including phenoxy) is 2. The first-order valence-electron chi connectivity index (χ1n) is 4.39. The molecule has 20 heavy (non-hydrogen) atoms. The summed E-state index contributed by atoms with van der Waals surface area (Å²) in [5.41, 5.74) is -1.26. The molecular weight excluding hydrogens is 333 g/mol. The summed E-state index contributed by atoms with van der Waals surface area (Å²) in [5.74, 6) is -2.25.